The van der Waals surface area contributed by atoms with Gasteiger partial charge in [-0.15, -0.1) is 12.1 Å². The number of carbonyl (C=O) groups is 1. The van der Waals surface area contributed by atoms with E-state index in [2.05, 4.69) is 11.1 Å². The number of hydrogen-bond donors (Lipinski definition) is 1. The van der Waals surface area contributed by atoms with Gasteiger partial charge in [-0.3, -0.25) is 13.6 Å². The van der Waals surface area contributed by atoms with Crippen molar-refractivity contribution in [3.8, 4) is 11.3 Å². The molecule has 0 aliphatic carbocycles. The van der Waals surface area contributed by atoms with Crippen molar-refractivity contribution in [1.82, 2.24) is 4.98 Å². The maximum absolute atomic E-state index is 13.2. The minimum atomic E-state index is -0.649. The van der Waals surface area contributed by atoms with Crippen LogP contribution < -0.4 is 0 Å². The predicted octanol–water partition coefficient (Wildman–Crippen LogP) is 3.86. The maximum atomic E-state index is 13.2. The molecule has 0 aliphatic rings. The summed E-state index contributed by atoms with van der Waals surface area (Å²) in [6.45, 7) is 2.85. The zero-order valence-electron chi connectivity index (χ0n) is 11.9. The molecular weight excluding hydrogens is 468 g/mol. The van der Waals surface area contributed by atoms with Crippen LogP contribution in [0.4, 0.5) is 8.78 Å². The van der Waals surface area contributed by atoms with Gasteiger partial charge in [-0.25, -0.2) is 0 Å². The summed E-state index contributed by atoms with van der Waals surface area (Å²) in [5.74, 6) is -1.35. The molecule has 1 radical (unpaired) electrons. The average Bonchev–Trinajstić information content (AvgIpc) is 2.38. The number of allylic oxidation sites excluding steroid dienone is 2. The van der Waals surface area contributed by atoms with Crippen LogP contribution in [0.25, 0.3) is 11.3 Å². The molecule has 0 saturated carbocycles. The quantitative estimate of drug-likeness (QED) is 0.402. The zero-order chi connectivity index (χ0) is 15.8. The van der Waals surface area contributed by atoms with Gasteiger partial charge in [0.15, 0.2) is 5.78 Å². The third kappa shape index (κ3) is 7.20. The van der Waals surface area contributed by atoms with Crippen molar-refractivity contribution in [2.24, 2.45) is 0 Å². The van der Waals surface area contributed by atoms with Crippen LogP contribution in [-0.4, -0.2) is 15.9 Å². The first kappa shape index (κ1) is 20.1. The van der Waals surface area contributed by atoms with E-state index in [1.165, 1.54) is 19.9 Å². The van der Waals surface area contributed by atoms with Crippen molar-refractivity contribution in [2.75, 3.05) is 0 Å². The van der Waals surface area contributed by atoms with Gasteiger partial charge in [0.25, 0.3) is 0 Å². The van der Waals surface area contributed by atoms with Gasteiger partial charge in [0.1, 0.15) is 0 Å². The Morgan fingerprint density at radius 2 is 2.00 bits per heavy atom. The Hall–Kier alpha value is -1.91. The van der Waals surface area contributed by atoms with Gasteiger partial charge in [0, 0.05) is 44.0 Å². The van der Waals surface area contributed by atoms with Crippen LogP contribution in [0.1, 0.15) is 13.8 Å². The Morgan fingerprint density at radius 1 is 1.32 bits per heavy atom. The van der Waals surface area contributed by atoms with E-state index in [0.717, 1.165) is 12.1 Å². The van der Waals surface area contributed by atoms with Crippen molar-refractivity contribution >= 4 is 5.78 Å². The monoisotopic (exact) mass is 483 g/mol. The average molecular weight is 483 g/mol. The van der Waals surface area contributed by atoms with Crippen molar-refractivity contribution in [3.63, 3.8) is 0 Å². The first-order chi connectivity index (χ1) is 9.90. The third-order valence-corrected chi connectivity index (χ3v) is 2.19. The molecule has 0 atom stereocenters. The second-order valence-corrected chi connectivity index (χ2v) is 4.15. The maximum Gasteiger partial charge on any atom is 0.155 e. The summed E-state index contributed by atoms with van der Waals surface area (Å²) in [5, 5.41) is 8.36. The fraction of sp³-hybridized carbons (Fsp3) is 0.125. The van der Waals surface area contributed by atoms with E-state index < -0.39 is 11.6 Å². The summed E-state index contributed by atoms with van der Waals surface area (Å²) >= 11 is 0. The number of carbonyl (C=O) groups excluding carboxylic acids is 1. The number of hydrogen-bond acceptors (Lipinski definition) is 3. The largest absolute Gasteiger partial charge is 0.512 e. The summed E-state index contributed by atoms with van der Waals surface area (Å²) < 4.78 is 25.8. The van der Waals surface area contributed by atoms with Gasteiger partial charge in [-0.1, -0.05) is 23.8 Å². The smallest absolute Gasteiger partial charge is 0.155 e. The number of benzene rings is 1. The third-order valence-electron chi connectivity index (χ3n) is 2.19. The fourth-order valence-electron chi connectivity index (χ4n) is 1.45. The van der Waals surface area contributed by atoms with Crippen LogP contribution in [0.3, 0.4) is 0 Å². The van der Waals surface area contributed by atoms with Crippen molar-refractivity contribution in [1.29, 1.82) is 0 Å². The summed E-state index contributed by atoms with van der Waals surface area (Å²) in [6.07, 6.45) is 2.71. The number of rotatable bonds is 2. The number of pyridine rings is 1. The first-order valence-corrected chi connectivity index (χ1v) is 6.06. The van der Waals surface area contributed by atoms with Crippen LogP contribution >= 0.6 is 0 Å². The Labute approximate surface area is 141 Å². The molecule has 3 nitrogen and oxygen atoms in total. The van der Waals surface area contributed by atoms with E-state index in [-0.39, 0.29) is 37.2 Å². The Kier molecular flexibility index (Phi) is 9.06. The predicted molar refractivity (Wildman–Crippen MR) is 75.5 cm³/mol. The number of aromatic nitrogens is 1. The van der Waals surface area contributed by atoms with Gasteiger partial charge < -0.3 is 10.1 Å². The second-order valence-electron chi connectivity index (χ2n) is 4.15. The van der Waals surface area contributed by atoms with Crippen LogP contribution in [0.15, 0.2) is 48.4 Å². The Bertz CT molecular complexity index is 642. The molecular formula is C16H14F2IrNO2-. The molecule has 119 valence electrons. The van der Waals surface area contributed by atoms with E-state index in [1.54, 1.807) is 24.4 Å². The molecule has 1 heterocycles. The van der Waals surface area contributed by atoms with Crippen LogP contribution in [0, 0.1) is 17.7 Å². The Balaban J connectivity index is 0.000000478. The van der Waals surface area contributed by atoms with Gasteiger partial charge in [-0.05, 0) is 25.6 Å². The van der Waals surface area contributed by atoms with Crippen LogP contribution in [-0.2, 0) is 24.9 Å². The van der Waals surface area contributed by atoms with E-state index in [4.69, 9.17) is 5.11 Å². The molecule has 2 rings (SSSR count). The number of ketones is 1. The van der Waals surface area contributed by atoms with Gasteiger partial charge in [0.05, 0.1) is 5.76 Å². The molecule has 0 saturated heterocycles. The van der Waals surface area contributed by atoms with Crippen molar-refractivity contribution < 1.29 is 38.8 Å². The molecule has 0 bridgehead atoms. The molecule has 1 aromatic carbocycles. The van der Waals surface area contributed by atoms with Gasteiger partial charge in [-0.2, -0.15) is 0 Å². The SMILES string of the molecule is CC(=O)C=C(C)O.Fc1c[c-]c(-c2ccccn2)c(F)c1.[Ir]. The molecule has 2 aromatic rings. The summed E-state index contributed by atoms with van der Waals surface area (Å²) in [5.41, 5.74) is 0.636. The molecule has 1 N–H and O–H groups in total. The minimum Gasteiger partial charge on any atom is -0.512 e. The van der Waals surface area contributed by atoms with E-state index >= 15 is 0 Å². The second kappa shape index (κ2) is 9.92. The normalized spacial score (nSPS) is 10.1. The number of aliphatic hydroxyl groups is 1. The van der Waals surface area contributed by atoms with Crippen molar-refractivity contribution in [3.05, 3.63) is 66.1 Å². The number of halogens is 2. The standard InChI is InChI=1S/C11H6F2N.C5H8O2.Ir/c12-8-4-5-9(10(13)7-8)11-3-1-2-6-14-11;1-4(6)3-5(2)7;/h1-4,6-7H;3,6H,1-2H3;/q-1;;. The molecule has 0 fully saturated rings. The molecule has 6 heteroatoms. The summed E-state index contributed by atoms with van der Waals surface area (Å²) in [6, 6.07) is 9.53. The molecule has 0 unspecified atom stereocenters. The van der Waals surface area contributed by atoms with Crippen LogP contribution in [0.2, 0.25) is 0 Å². The summed E-state index contributed by atoms with van der Waals surface area (Å²) in [7, 11) is 0. The van der Waals surface area contributed by atoms with E-state index in [1.807, 2.05) is 0 Å². The van der Waals surface area contributed by atoms with Gasteiger partial charge >= 0.3 is 0 Å². The summed E-state index contributed by atoms with van der Waals surface area (Å²) in [4.78, 5) is 14.0. The van der Waals surface area contributed by atoms with E-state index in [0.29, 0.717) is 5.69 Å². The Morgan fingerprint density at radius 3 is 2.41 bits per heavy atom. The van der Waals surface area contributed by atoms with E-state index in [9.17, 15) is 13.6 Å². The van der Waals surface area contributed by atoms with Crippen molar-refractivity contribution in [2.45, 2.75) is 13.8 Å². The number of aliphatic hydroxyl groups excluding tert-OH is 1. The van der Waals surface area contributed by atoms with Gasteiger partial charge in [0.2, 0.25) is 0 Å². The minimum absolute atomic E-state index is 0. The molecule has 0 aliphatic heterocycles. The molecule has 0 spiro atoms. The topological polar surface area (TPSA) is 50.2 Å². The number of nitrogens with zero attached hydrogens (tertiary/aromatic N) is 1. The molecule has 22 heavy (non-hydrogen) atoms. The fourth-order valence-corrected chi connectivity index (χ4v) is 1.45. The van der Waals surface area contributed by atoms with Crippen LogP contribution in [0.5, 0.6) is 0 Å². The zero-order valence-corrected chi connectivity index (χ0v) is 14.3. The first-order valence-electron chi connectivity index (χ1n) is 6.06. The molecule has 1 aromatic heterocycles. The molecule has 0 amide bonds.